The van der Waals surface area contributed by atoms with E-state index in [1.807, 2.05) is 12.1 Å². The lowest BCUT2D eigenvalue weighted by Crippen LogP contribution is -2.06. The quantitative estimate of drug-likeness (QED) is 0.714. The SMILES string of the molecule is CCCOCCCNc1ccc(C#N)nc1. The molecular formula is C12H17N3O. The van der Waals surface area contributed by atoms with E-state index in [2.05, 4.69) is 17.2 Å². The Labute approximate surface area is 96.3 Å². The number of anilines is 1. The zero-order chi connectivity index (χ0) is 11.6. The summed E-state index contributed by atoms with van der Waals surface area (Å²) >= 11 is 0. The lowest BCUT2D eigenvalue weighted by atomic mass is 10.3. The Balaban J connectivity index is 2.15. The Morgan fingerprint density at radius 2 is 2.31 bits per heavy atom. The lowest BCUT2D eigenvalue weighted by molar-refractivity contribution is 0.134. The number of nitrogens with one attached hydrogen (secondary N) is 1. The van der Waals surface area contributed by atoms with Crippen LogP contribution in [0.25, 0.3) is 0 Å². The molecule has 0 bridgehead atoms. The number of nitriles is 1. The molecule has 0 aliphatic rings. The number of hydrogen-bond donors (Lipinski definition) is 1. The van der Waals surface area contributed by atoms with Crippen molar-refractivity contribution < 1.29 is 4.74 Å². The fourth-order valence-electron chi connectivity index (χ4n) is 1.22. The Hall–Kier alpha value is -1.60. The highest BCUT2D eigenvalue weighted by molar-refractivity contribution is 5.42. The van der Waals surface area contributed by atoms with Crippen molar-refractivity contribution in [2.45, 2.75) is 19.8 Å². The molecule has 1 rings (SSSR count). The number of hydrogen-bond acceptors (Lipinski definition) is 4. The van der Waals surface area contributed by atoms with Gasteiger partial charge in [-0.3, -0.25) is 0 Å². The van der Waals surface area contributed by atoms with E-state index >= 15 is 0 Å². The summed E-state index contributed by atoms with van der Waals surface area (Å²) in [7, 11) is 0. The van der Waals surface area contributed by atoms with E-state index in [-0.39, 0.29) is 0 Å². The van der Waals surface area contributed by atoms with Gasteiger partial charge in [0, 0.05) is 19.8 Å². The van der Waals surface area contributed by atoms with Gasteiger partial charge in [-0.15, -0.1) is 0 Å². The number of pyridine rings is 1. The third kappa shape index (κ3) is 4.76. The molecule has 0 spiro atoms. The maximum Gasteiger partial charge on any atom is 0.140 e. The average molecular weight is 219 g/mol. The highest BCUT2D eigenvalue weighted by Gasteiger charge is 1.94. The van der Waals surface area contributed by atoms with E-state index < -0.39 is 0 Å². The third-order valence-corrected chi connectivity index (χ3v) is 2.02. The molecule has 0 amide bonds. The molecule has 0 aromatic carbocycles. The predicted octanol–water partition coefficient (Wildman–Crippen LogP) is 2.18. The van der Waals surface area contributed by atoms with Gasteiger partial charge in [0.1, 0.15) is 11.8 Å². The molecule has 0 fully saturated rings. The monoisotopic (exact) mass is 219 g/mol. The van der Waals surface area contributed by atoms with Gasteiger partial charge in [0.2, 0.25) is 0 Å². The van der Waals surface area contributed by atoms with Crippen LogP contribution in [-0.2, 0) is 4.74 Å². The predicted molar refractivity (Wildman–Crippen MR) is 63.2 cm³/mol. The Bertz CT molecular complexity index is 329. The standard InChI is InChI=1S/C12H17N3O/c1-2-7-16-8-3-6-14-12-5-4-11(9-13)15-10-12/h4-5,10,14H,2-3,6-8H2,1H3. The normalized spacial score (nSPS) is 9.75. The van der Waals surface area contributed by atoms with Crippen LogP contribution in [0, 0.1) is 11.3 Å². The van der Waals surface area contributed by atoms with Gasteiger partial charge in [0.05, 0.1) is 11.9 Å². The van der Waals surface area contributed by atoms with Gasteiger partial charge in [-0.1, -0.05) is 6.92 Å². The van der Waals surface area contributed by atoms with Crippen molar-refractivity contribution in [3.05, 3.63) is 24.0 Å². The van der Waals surface area contributed by atoms with E-state index in [0.717, 1.165) is 38.3 Å². The first-order valence-electron chi connectivity index (χ1n) is 5.54. The summed E-state index contributed by atoms with van der Waals surface area (Å²) in [5.41, 5.74) is 1.38. The zero-order valence-electron chi connectivity index (χ0n) is 9.57. The largest absolute Gasteiger partial charge is 0.384 e. The Morgan fingerprint density at radius 3 is 2.94 bits per heavy atom. The maximum atomic E-state index is 8.58. The summed E-state index contributed by atoms with van der Waals surface area (Å²) in [4.78, 5) is 3.97. The topological polar surface area (TPSA) is 57.9 Å². The van der Waals surface area contributed by atoms with Gasteiger partial charge in [-0.05, 0) is 25.0 Å². The zero-order valence-corrected chi connectivity index (χ0v) is 9.57. The van der Waals surface area contributed by atoms with Crippen LogP contribution >= 0.6 is 0 Å². The number of nitrogens with zero attached hydrogens (tertiary/aromatic N) is 2. The van der Waals surface area contributed by atoms with Gasteiger partial charge in [-0.2, -0.15) is 5.26 Å². The second-order valence-corrected chi connectivity index (χ2v) is 3.44. The van der Waals surface area contributed by atoms with Crippen LogP contribution in [-0.4, -0.2) is 24.7 Å². The second-order valence-electron chi connectivity index (χ2n) is 3.44. The molecule has 16 heavy (non-hydrogen) atoms. The van der Waals surface area contributed by atoms with E-state index in [0.29, 0.717) is 5.69 Å². The van der Waals surface area contributed by atoms with Gasteiger partial charge in [0.25, 0.3) is 0 Å². The summed E-state index contributed by atoms with van der Waals surface area (Å²) in [6, 6.07) is 5.55. The van der Waals surface area contributed by atoms with Crippen molar-refractivity contribution in [2.75, 3.05) is 25.1 Å². The van der Waals surface area contributed by atoms with Crippen LogP contribution in [0.2, 0.25) is 0 Å². The first-order chi connectivity index (χ1) is 7.86. The molecule has 1 N–H and O–H groups in total. The molecule has 0 radical (unpaired) electrons. The van der Waals surface area contributed by atoms with Crippen LogP contribution in [0.1, 0.15) is 25.5 Å². The molecule has 86 valence electrons. The van der Waals surface area contributed by atoms with Gasteiger partial charge < -0.3 is 10.1 Å². The fourth-order valence-corrected chi connectivity index (χ4v) is 1.22. The molecule has 1 aromatic rings. The van der Waals surface area contributed by atoms with Gasteiger partial charge in [0.15, 0.2) is 0 Å². The van der Waals surface area contributed by atoms with Crippen molar-refractivity contribution >= 4 is 5.69 Å². The van der Waals surface area contributed by atoms with E-state index in [1.54, 1.807) is 12.3 Å². The van der Waals surface area contributed by atoms with Crippen molar-refractivity contribution in [3.63, 3.8) is 0 Å². The van der Waals surface area contributed by atoms with E-state index in [4.69, 9.17) is 10.00 Å². The molecule has 1 heterocycles. The van der Waals surface area contributed by atoms with Crippen molar-refractivity contribution in [2.24, 2.45) is 0 Å². The van der Waals surface area contributed by atoms with Crippen LogP contribution in [0.3, 0.4) is 0 Å². The summed E-state index contributed by atoms with van der Waals surface area (Å²) < 4.78 is 5.36. The molecule has 0 aliphatic carbocycles. The van der Waals surface area contributed by atoms with Crippen LogP contribution in [0.4, 0.5) is 5.69 Å². The van der Waals surface area contributed by atoms with Crippen molar-refractivity contribution in [3.8, 4) is 6.07 Å². The summed E-state index contributed by atoms with van der Waals surface area (Å²) in [6.07, 6.45) is 3.71. The van der Waals surface area contributed by atoms with Gasteiger partial charge >= 0.3 is 0 Å². The molecule has 0 saturated heterocycles. The molecule has 4 heteroatoms. The van der Waals surface area contributed by atoms with Gasteiger partial charge in [-0.25, -0.2) is 4.98 Å². The van der Waals surface area contributed by atoms with E-state index in [9.17, 15) is 0 Å². The lowest BCUT2D eigenvalue weighted by Gasteiger charge is -2.06. The highest BCUT2D eigenvalue weighted by atomic mass is 16.5. The summed E-state index contributed by atoms with van der Waals surface area (Å²) in [6.45, 7) is 4.57. The maximum absolute atomic E-state index is 8.58. The molecule has 4 nitrogen and oxygen atoms in total. The third-order valence-electron chi connectivity index (χ3n) is 2.02. The average Bonchev–Trinajstić information content (AvgIpc) is 2.34. The summed E-state index contributed by atoms with van der Waals surface area (Å²) in [5.74, 6) is 0. The Morgan fingerprint density at radius 1 is 1.44 bits per heavy atom. The number of aromatic nitrogens is 1. The number of ether oxygens (including phenoxy) is 1. The van der Waals surface area contributed by atoms with E-state index in [1.165, 1.54) is 0 Å². The minimum Gasteiger partial charge on any atom is -0.384 e. The first-order valence-corrected chi connectivity index (χ1v) is 5.54. The minimum atomic E-state index is 0.442. The summed E-state index contributed by atoms with van der Waals surface area (Å²) in [5, 5.41) is 11.8. The minimum absolute atomic E-state index is 0.442. The smallest absolute Gasteiger partial charge is 0.140 e. The second kappa shape index (κ2) is 7.66. The molecular weight excluding hydrogens is 202 g/mol. The molecule has 0 unspecified atom stereocenters. The van der Waals surface area contributed by atoms with Crippen molar-refractivity contribution in [1.82, 2.24) is 4.98 Å². The van der Waals surface area contributed by atoms with Crippen LogP contribution in [0.15, 0.2) is 18.3 Å². The molecule has 0 aliphatic heterocycles. The number of rotatable bonds is 7. The van der Waals surface area contributed by atoms with Crippen molar-refractivity contribution in [1.29, 1.82) is 5.26 Å². The highest BCUT2D eigenvalue weighted by Crippen LogP contribution is 2.05. The van der Waals surface area contributed by atoms with Crippen LogP contribution < -0.4 is 5.32 Å². The first kappa shape index (κ1) is 12.5. The van der Waals surface area contributed by atoms with Crippen LogP contribution in [0.5, 0.6) is 0 Å². The Kier molecular flexibility index (Phi) is 5.97. The molecule has 0 atom stereocenters. The molecule has 1 aromatic heterocycles. The fraction of sp³-hybridized carbons (Fsp3) is 0.500. The molecule has 0 saturated carbocycles.